The highest BCUT2D eigenvalue weighted by molar-refractivity contribution is 5.76. The van der Waals surface area contributed by atoms with Gasteiger partial charge in [-0.25, -0.2) is 0 Å². The highest BCUT2D eigenvalue weighted by Crippen LogP contribution is 2.21. The summed E-state index contributed by atoms with van der Waals surface area (Å²) in [6, 6.07) is 6.76. The molecule has 2 rings (SSSR count). The molecule has 1 aromatic carbocycles. The lowest BCUT2D eigenvalue weighted by Gasteiger charge is -2.23. The smallest absolute Gasteiger partial charge is 0.223 e. The molecule has 0 aromatic heterocycles. The van der Waals surface area contributed by atoms with Crippen LogP contribution in [0.1, 0.15) is 29.2 Å². The Morgan fingerprint density at radius 3 is 2.88 bits per heavy atom. The summed E-state index contributed by atoms with van der Waals surface area (Å²) in [5.41, 5.74) is 3.87. The number of carbonyl (C=O) groups is 1. The Bertz CT molecular complexity index is 428. The number of likely N-dealkylation sites (N-methyl/N-ethyl adjacent to an activating group) is 1. The van der Waals surface area contributed by atoms with Gasteiger partial charge in [-0.15, -0.1) is 0 Å². The van der Waals surface area contributed by atoms with Crippen molar-refractivity contribution in [3.8, 4) is 0 Å². The van der Waals surface area contributed by atoms with Gasteiger partial charge in [-0.1, -0.05) is 23.8 Å². The molecule has 1 amide bonds. The largest absolute Gasteiger partial charge is 0.344 e. The summed E-state index contributed by atoms with van der Waals surface area (Å²) in [6.45, 7) is 5.75. The molecule has 0 bridgehead atoms. The summed E-state index contributed by atoms with van der Waals surface area (Å²) in [6.07, 6.45) is 0.595. The van der Waals surface area contributed by atoms with Crippen LogP contribution in [0.15, 0.2) is 18.2 Å². The number of hydrogen-bond donors (Lipinski definition) is 1. The molecule has 1 unspecified atom stereocenters. The van der Waals surface area contributed by atoms with Crippen LogP contribution in [-0.4, -0.2) is 30.9 Å². The van der Waals surface area contributed by atoms with Gasteiger partial charge in [0, 0.05) is 26.6 Å². The van der Waals surface area contributed by atoms with E-state index in [4.69, 9.17) is 0 Å². The van der Waals surface area contributed by atoms with Gasteiger partial charge in [0.1, 0.15) is 0 Å². The van der Waals surface area contributed by atoms with E-state index in [0.29, 0.717) is 6.42 Å². The van der Waals surface area contributed by atoms with Crippen LogP contribution in [0.2, 0.25) is 0 Å². The minimum atomic E-state index is 0.227. The summed E-state index contributed by atoms with van der Waals surface area (Å²) < 4.78 is 0. The van der Waals surface area contributed by atoms with Crippen LogP contribution in [0.4, 0.5) is 0 Å². The van der Waals surface area contributed by atoms with E-state index in [2.05, 4.69) is 37.4 Å². The predicted octanol–water partition coefficient (Wildman–Crippen LogP) is 1.80. The van der Waals surface area contributed by atoms with Crippen molar-refractivity contribution < 1.29 is 4.79 Å². The van der Waals surface area contributed by atoms with Gasteiger partial charge < -0.3 is 10.2 Å². The van der Waals surface area contributed by atoms with Gasteiger partial charge in [0.2, 0.25) is 5.91 Å². The first kappa shape index (κ1) is 12.1. The van der Waals surface area contributed by atoms with Crippen molar-refractivity contribution >= 4 is 5.91 Å². The Morgan fingerprint density at radius 1 is 1.35 bits per heavy atom. The first-order valence-electron chi connectivity index (χ1n) is 6.12. The van der Waals surface area contributed by atoms with Crippen molar-refractivity contribution in [1.29, 1.82) is 0 Å². The molecule has 3 heteroatoms. The summed E-state index contributed by atoms with van der Waals surface area (Å²) in [7, 11) is 1.88. The fraction of sp³-hybridized carbons (Fsp3) is 0.500. The van der Waals surface area contributed by atoms with Crippen molar-refractivity contribution in [2.45, 2.75) is 26.3 Å². The minimum Gasteiger partial charge on any atom is -0.344 e. The van der Waals surface area contributed by atoms with E-state index in [0.717, 1.165) is 13.1 Å². The second-order valence-corrected chi connectivity index (χ2v) is 4.89. The fourth-order valence-corrected chi connectivity index (χ4v) is 2.33. The van der Waals surface area contributed by atoms with E-state index < -0.39 is 0 Å². The normalized spacial score (nSPS) is 21.5. The summed E-state index contributed by atoms with van der Waals surface area (Å²) >= 11 is 0. The minimum absolute atomic E-state index is 0.227. The second kappa shape index (κ2) is 4.88. The van der Waals surface area contributed by atoms with Crippen LogP contribution in [0.25, 0.3) is 0 Å². The standard InChI is InChI=1S/C14H20N2O/c1-10-4-5-11(2)12(8-10)13-9-16(3)14(17)6-7-15-13/h4-5,8,13,15H,6-7,9H2,1-3H3. The SMILES string of the molecule is Cc1ccc(C)c(C2CN(C)C(=O)CCN2)c1. The number of amides is 1. The lowest BCUT2D eigenvalue weighted by atomic mass is 9.98. The number of nitrogens with one attached hydrogen (secondary N) is 1. The lowest BCUT2D eigenvalue weighted by Crippen LogP contribution is -2.31. The van der Waals surface area contributed by atoms with E-state index in [1.165, 1.54) is 16.7 Å². The zero-order valence-corrected chi connectivity index (χ0v) is 10.8. The van der Waals surface area contributed by atoms with Crippen molar-refractivity contribution in [3.63, 3.8) is 0 Å². The monoisotopic (exact) mass is 232 g/mol. The molecule has 1 atom stereocenters. The number of aryl methyl sites for hydroxylation is 2. The van der Waals surface area contributed by atoms with Crippen LogP contribution >= 0.6 is 0 Å². The average Bonchev–Trinajstić information content (AvgIpc) is 2.45. The van der Waals surface area contributed by atoms with Crippen molar-refractivity contribution in [2.24, 2.45) is 0 Å². The third kappa shape index (κ3) is 2.67. The number of nitrogens with zero attached hydrogens (tertiary/aromatic N) is 1. The summed E-state index contributed by atoms with van der Waals surface area (Å²) in [4.78, 5) is 13.5. The highest BCUT2D eigenvalue weighted by Gasteiger charge is 2.22. The maximum atomic E-state index is 11.6. The van der Waals surface area contributed by atoms with Gasteiger partial charge in [0.25, 0.3) is 0 Å². The van der Waals surface area contributed by atoms with E-state index >= 15 is 0 Å². The topological polar surface area (TPSA) is 32.3 Å². The molecule has 1 N–H and O–H groups in total. The van der Waals surface area contributed by atoms with Crippen LogP contribution in [0.3, 0.4) is 0 Å². The van der Waals surface area contributed by atoms with Crippen LogP contribution in [-0.2, 0) is 4.79 Å². The van der Waals surface area contributed by atoms with Gasteiger partial charge in [0.15, 0.2) is 0 Å². The molecular weight excluding hydrogens is 212 g/mol. The first-order chi connectivity index (χ1) is 8.08. The summed E-state index contributed by atoms with van der Waals surface area (Å²) in [5, 5.41) is 3.46. The molecule has 1 heterocycles. The Labute approximate surface area is 103 Å². The molecule has 1 fully saturated rings. The molecule has 0 radical (unpaired) electrons. The average molecular weight is 232 g/mol. The maximum absolute atomic E-state index is 11.6. The molecule has 1 aliphatic heterocycles. The van der Waals surface area contributed by atoms with E-state index in [9.17, 15) is 4.79 Å². The zero-order chi connectivity index (χ0) is 12.4. The molecule has 17 heavy (non-hydrogen) atoms. The van der Waals surface area contributed by atoms with Crippen molar-refractivity contribution in [1.82, 2.24) is 10.2 Å². The predicted molar refractivity (Wildman–Crippen MR) is 68.9 cm³/mol. The third-order valence-electron chi connectivity index (χ3n) is 3.42. The molecule has 0 spiro atoms. The molecule has 1 aromatic rings. The van der Waals surface area contributed by atoms with Crippen LogP contribution in [0, 0.1) is 13.8 Å². The Morgan fingerprint density at radius 2 is 2.12 bits per heavy atom. The molecule has 1 saturated heterocycles. The second-order valence-electron chi connectivity index (χ2n) is 4.89. The van der Waals surface area contributed by atoms with Crippen LogP contribution in [0.5, 0.6) is 0 Å². The highest BCUT2D eigenvalue weighted by atomic mass is 16.2. The molecule has 0 saturated carbocycles. The van der Waals surface area contributed by atoms with Gasteiger partial charge in [-0.05, 0) is 25.0 Å². The molecular formula is C14H20N2O. The van der Waals surface area contributed by atoms with Gasteiger partial charge >= 0.3 is 0 Å². The third-order valence-corrected chi connectivity index (χ3v) is 3.42. The number of hydrogen-bond acceptors (Lipinski definition) is 2. The van der Waals surface area contributed by atoms with Gasteiger partial charge in [0.05, 0.1) is 6.04 Å². The Balaban J connectivity index is 2.26. The zero-order valence-electron chi connectivity index (χ0n) is 10.8. The number of carbonyl (C=O) groups excluding carboxylic acids is 1. The molecule has 3 nitrogen and oxygen atoms in total. The van der Waals surface area contributed by atoms with E-state index in [1.54, 1.807) is 0 Å². The Hall–Kier alpha value is -1.35. The van der Waals surface area contributed by atoms with E-state index in [-0.39, 0.29) is 11.9 Å². The maximum Gasteiger partial charge on any atom is 0.223 e. The van der Waals surface area contributed by atoms with E-state index in [1.807, 2.05) is 11.9 Å². The van der Waals surface area contributed by atoms with Crippen LogP contribution < -0.4 is 5.32 Å². The van der Waals surface area contributed by atoms with Crippen molar-refractivity contribution in [2.75, 3.05) is 20.1 Å². The number of benzene rings is 1. The van der Waals surface area contributed by atoms with Crippen molar-refractivity contribution in [3.05, 3.63) is 34.9 Å². The fourth-order valence-electron chi connectivity index (χ4n) is 2.33. The van der Waals surface area contributed by atoms with Gasteiger partial charge in [-0.2, -0.15) is 0 Å². The lowest BCUT2D eigenvalue weighted by molar-refractivity contribution is -0.129. The Kier molecular flexibility index (Phi) is 3.48. The number of rotatable bonds is 1. The molecule has 92 valence electrons. The first-order valence-corrected chi connectivity index (χ1v) is 6.12. The quantitative estimate of drug-likeness (QED) is 0.800. The van der Waals surface area contributed by atoms with Gasteiger partial charge in [-0.3, -0.25) is 4.79 Å². The molecule has 1 aliphatic rings. The molecule has 0 aliphatic carbocycles. The summed E-state index contributed by atoms with van der Waals surface area (Å²) in [5.74, 6) is 0.227.